The highest BCUT2D eigenvalue weighted by atomic mass is 35.8. The molecule has 62 valence electrons. The molecular weight excluding hydrogens is 248 g/mol. The maximum absolute atomic E-state index is 5.79. The zero-order valence-electron chi connectivity index (χ0n) is 5.96. The van der Waals surface area contributed by atoms with E-state index < -0.39 is 14.4 Å². The Balaban J connectivity index is 4.23. The minimum absolute atomic E-state index is 1.42. The number of nitrogens with zero attached hydrogens (tertiary/aromatic N) is 1. The molecule has 0 spiro atoms. The van der Waals surface area contributed by atoms with Gasteiger partial charge in [-0.2, -0.15) is 0 Å². The lowest BCUT2D eigenvalue weighted by Gasteiger charge is -2.30. The first-order valence-corrected chi connectivity index (χ1v) is 11.5. The molecule has 0 unspecified atom stereocenters. The summed E-state index contributed by atoms with van der Waals surface area (Å²) in [6, 6.07) is 0. The van der Waals surface area contributed by atoms with Gasteiger partial charge in [0.1, 0.15) is 8.24 Å². The molecular formula is C3H9Cl4NSi2. The van der Waals surface area contributed by atoms with Gasteiger partial charge < -0.3 is 0 Å². The summed E-state index contributed by atoms with van der Waals surface area (Å²) in [5.74, 6) is 0. The second kappa shape index (κ2) is 3.52. The molecule has 0 atom stereocenters. The van der Waals surface area contributed by atoms with Crippen molar-refractivity contribution in [2.24, 2.45) is 0 Å². The SMILES string of the molecule is C[Si](C)(C)N(Cl)[Si](Cl)(Cl)Cl. The molecule has 10 heavy (non-hydrogen) atoms. The molecule has 0 saturated heterocycles. The Morgan fingerprint density at radius 3 is 1.30 bits per heavy atom. The first kappa shape index (κ1) is 11.6. The lowest BCUT2D eigenvalue weighted by Crippen LogP contribution is -2.49. The monoisotopic (exact) mass is 255 g/mol. The average Bonchev–Trinajstić information content (AvgIpc) is 1.59. The molecule has 0 aliphatic rings. The van der Waals surface area contributed by atoms with Gasteiger partial charge in [0.15, 0.2) is 0 Å². The molecule has 0 fully saturated rings. The van der Waals surface area contributed by atoms with Crippen molar-refractivity contribution in [3.05, 3.63) is 0 Å². The summed E-state index contributed by atoms with van der Waals surface area (Å²) in [5.41, 5.74) is 0. The second-order valence-electron chi connectivity index (χ2n) is 2.92. The van der Waals surface area contributed by atoms with Gasteiger partial charge in [-0.3, -0.25) is 0 Å². The number of hydrogen-bond acceptors (Lipinski definition) is 1. The lowest BCUT2D eigenvalue weighted by molar-refractivity contribution is 1.04. The number of halogens is 4. The molecule has 0 N–H and O–H groups in total. The zero-order chi connectivity index (χ0) is 8.58. The van der Waals surface area contributed by atoms with Crippen molar-refractivity contribution < 1.29 is 0 Å². The van der Waals surface area contributed by atoms with Crippen LogP contribution in [-0.2, 0) is 0 Å². The van der Waals surface area contributed by atoms with E-state index in [-0.39, 0.29) is 0 Å². The first-order chi connectivity index (χ1) is 4.15. The van der Waals surface area contributed by atoms with Crippen LogP contribution in [0.3, 0.4) is 0 Å². The van der Waals surface area contributed by atoms with Crippen molar-refractivity contribution in [2.75, 3.05) is 0 Å². The van der Waals surface area contributed by atoms with Gasteiger partial charge in [-0.05, 0) is 11.8 Å². The molecule has 0 aromatic heterocycles. The van der Waals surface area contributed by atoms with Crippen molar-refractivity contribution in [1.29, 1.82) is 0 Å². The van der Waals surface area contributed by atoms with Crippen LogP contribution in [0.5, 0.6) is 0 Å². The van der Waals surface area contributed by atoms with Gasteiger partial charge in [0.25, 0.3) is 0 Å². The smallest absolute Gasteiger partial charge is 0.225 e. The van der Waals surface area contributed by atoms with E-state index in [0.29, 0.717) is 0 Å². The standard InChI is InChI=1S/C3H9Cl4NSi2/c1-9(2,3)8(4)10(5,6)7/h1-3H3. The predicted octanol–water partition coefficient (Wildman–Crippen LogP) is 3.43. The fourth-order valence-corrected chi connectivity index (χ4v) is 10.3. The topological polar surface area (TPSA) is 3.24 Å². The fraction of sp³-hybridized carbons (Fsp3) is 1.00. The summed E-state index contributed by atoms with van der Waals surface area (Å²) < 4.78 is 1.42. The van der Waals surface area contributed by atoms with Gasteiger partial charge >= 0.3 is 6.16 Å². The van der Waals surface area contributed by atoms with Crippen LogP contribution in [0.2, 0.25) is 19.6 Å². The van der Waals surface area contributed by atoms with Crippen LogP contribution in [0.1, 0.15) is 0 Å². The van der Waals surface area contributed by atoms with E-state index in [1.54, 1.807) is 0 Å². The maximum atomic E-state index is 5.79. The Kier molecular flexibility index (Phi) is 4.06. The van der Waals surface area contributed by atoms with Crippen LogP contribution >= 0.6 is 45.0 Å². The van der Waals surface area contributed by atoms with Crippen LogP contribution in [0.25, 0.3) is 0 Å². The summed E-state index contributed by atoms with van der Waals surface area (Å²) in [6.07, 6.45) is -2.82. The molecule has 0 aliphatic heterocycles. The van der Waals surface area contributed by atoms with Crippen molar-refractivity contribution in [3.63, 3.8) is 0 Å². The minimum Gasteiger partial charge on any atom is -0.225 e. The average molecular weight is 257 g/mol. The van der Waals surface area contributed by atoms with Gasteiger partial charge in [-0.1, -0.05) is 19.6 Å². The van der Waals surface area contributed by atoms with Crippen molar-refractivity contribution in [3.8, 4) is 0 Å². The summed E-state index contributed by atoms with van der Waals surface area (Å²) in [5, 5.41) is 0. The second-order valence-corrected chi connectivity index (χ2v) is 17.1. The highest BCUT2D eigenvalue weighted by molar-refractivity contribution is 7.65. The van der Waals surface area contributed by atoms with E-state index in [2.05, 4.69) is 0 Å². The summed E-state index contributed by atoms with van der Waals surface area (Å²) in [7, 11) is -1.63. The van der Waals surface area contributed by atoms with Crippen LogP contribution in [0.15, 0.2) is 0 Å². The van der Waals surface area contributed by atoms with E-state index in [4.69, 9.17) is 45.0 Å². The van der Waals surface area contributed by atoms with Crippen LogP contribution in [-0.4, -0.2) is 18.2 Å². The zero-order valence-corrected chi connectivity index (χ0v) is 11.0. The molecule has 0 amide bonds. The molecule has 0 aromatic carbocycles. The molecule has 0 bridgehead atoms. The van der Waals surface area contributed by atoms with E-state index in [9.17, 15) is 0 Å². The van der Waals surface area contributed by atoms with E-state index in [1.807, 2.05) is 19.6 Å². The summed E-state index contributed by atoms with van der Waals surface area (Å²) in [6.45, 7) is 6.07. The van der Waals surface area contributed by atoms with Crippen LogP contribution in [0.4, 0.5) is 0 Å². The highest BCUT2D eigenvalue weighted by Crippen LogP contribution is 2.31. The minimum atomic E-state index is -2.82. The summed E-state index contributed by atoms with van der Waals surface area (Å²) in [4.78, 5) is 0. The van der Waals surface area contributed by atoms with E-state index in [0.717, 1.165) is 0 Å². The maximum Gasteiger partial charge on any atom is 0.432 e. The first-order valence-electron chi connectivity index (χ1n) is 2.68. The third kappa shape index (κ3) is 3.81. The molecule has 0 aromatic rings. The molecule has 0 rings (SSSR count). The molecule has 0 saturated carbocycles. The molecule has 0 radical (unpaired) electrons. The predicted molar refractivity (Wildman–Crippen MR) is 54.4 cm³/mol. The van der Waals surface area contributed by atoms with Crippen LogP contribution < -0.4 is 0 Å². The van der Waals surface area contributed by atoms with Gasteiger partial charge in [-0.25, -0.2) is 3.75 Å². The van der Waals surface area contributed by atoms with Crippen molar-refractivity contribution in [2.45, 2.75) is 19.6 Å². The normalized spacial score (nSPS) is 14.4. The Hall–Kier alpha value is 1.55. The van der Waals surface area contributed by atoms with Crippen molar-refractivity contribution in [1.82, 2.24) is 3.75 Å². The summed E-state index contributed by atoms with van der Waals surface area (Å²) >= 11 is 22.8. The van der Waals surface area contributed by atoms with E-state index in [1.165, 1.54) is 3.75 Å². The Labute approximate surface area is 82.6 Å². The Morgan fingerprint density at radius 2 is 1.30 bits per heavy atom. The number of hydrogen-bond donors (Lipinski definition) is 0. The van der Waals surface area contributed by atoms with Gasteiger partial charge in [0.2, 0.25) is 0 Å². The third-order valence-electron chi connectivity index (χ3n) is 0.812. The van der Waals surface area contributed by atoms with Crippen molar-refractivity contribution >= 4 is 59.4 Å². The third-order valence-corrected chi connectivity index (χ3v) is 11.3. The Morgan fingerprint density at radius 1 is 1.00 bits per heavy atom. The fourth-order valence-electron chi connectivity index (χ4n) is 0.380. The molecule has 7 heteroatoms. The van der Waals surface area contributed by atoms with Crippen LogP contribution in [0, 0.1) is 0 Å². The number of rotatable bonds is 2. The lowest BCUT2D eigenvalue weighted by atomic mass is 11.8. The van der Waals surface area contributed by atoms with Gasteiger partial charge in [0, 0.05) is 0 Å². The van der Waals surface area contributed by atoms with E-state index >= 15 is 0 Å². The van der Waals surface area contributed by atoms with Gasteiger partial charge in [0.05, 0.1) is 0 Å². The molecule has 0 aliphatic carbocycles. The highest BCUT2D eigenvalue weighted by Gasteiger charge is 2.41. The molecule has 1 nitrogen and oxygen atoms in total. The molecule has 0 heterocycles. The van der Waals surface area contributed by atoms with Gasteiger partial charge in [-0.15, -0.1) is 33.2 Å². The quantitative estimate of drug-likeness (QED) is 0.416. The largest absolute Gasteiger partial charge is 0.432 e. The Bertz CT molecular complexity index is 103.